The summed E-state index contributed by atoms with van der Waals surface area (Å²) in [5.41, 5.74) is 2.92. The molecule has 0 heterocycles. The lowest BCUT2D eigenvalue weighted by molar-refractivity contribution is 0.643. The molecule has 0 aromatic heterocycles. The highest BCUT2D eigenvalue weighted by atomic mass is 32.1. The molecule has 0 aliphatic heterocycles. The van der Waals surface area contributed by atoms with E-state index in [1.807, 2.05) is 6.07 Å². The Balaban J connectivity index is 0.000000845. The molecular formula is C11H16OS. The van der Waals surface area contributed by atoms with Gasteiger partial charge in [-0.3, -0.25) is 0 Å². The number of aryl methyl sites for hydroxylation is 2. The number of benzene rings is 1. The molecule has 1 aromatic carbocycles. The van der Waals surface area contributed by atoms with E-state index in [9.17, 15) is 0 Å². The van der Waals surface area contributed by atoms with Gasteiger partial charge in [-0.15, -0.1) is 0 Å². The third kappa shape index (κ3) is 2.19. The molecule has 0 fully saturated rings. The van der Waals surface area contributed by atoms with Crippen LogP contribution in [0.1, 0.15) is 31.4 Å². The van der Waals surface area contributed by atoms with Crippen molar-refractivity contribution in [3.63, 3.8) is 0 Å². The van der Waals surface area contributed by atoms with Gasteiger partial charge in [0.1, 0.15) is 5.75 Å². The van der Waals surface area contributed by atoms with Gasteiger partial charge in [-0.2, -0.15) is 0 Å². The molecule has 0 spiro atoms. The molecule has 1 aliphatic carbocycles. The van der Waals surface area contributed by atoms with E-state index in [0.29, 0.717) is 0 Å². The van der Waals surface area contributed by atoms with Gasteiger partial charge in [0.25, 0.3) is 0 Å². The van der Waals surface area contributed by atoms with Crippen molar-refractivity contribution < 1.29 is 4.18 Å². The van der Waals surface area contributed by atoms with E-state index in [0.717, 1.165) is 5.75 Å². The average molecular weight is 196 g/mol. The van der Waals surface area contributed by atoms with Crippen molar-refractivity contribution in [3.05, 3.63) is 29.3 Å². The molecule has 0 saturated heterocycles. The maximum atomic E-state index is 4.87. The Hall–Kier alpha value is -0.630. The van der Waals surface area contributed by atoms with Crippen LogP contribution in [-0.2, 0) is 12.8 Å². The van der Waals surface area contributed by atoms with Crippen LogP contribution in [0.3, 0.4) is 0 Å². The highest BCUT2D eigenvalue weighted by Gasteiger charge is 2.09. The van der Waals surface area contributed by atoms with Crippen LogP contribution >= 0.6 is 12.9 Å². The Morgan fingerprint density at radius 2 is 1.77 bits per heavy atom. The Kier molecular flexibility index (Phi) is 3.67. The Morgan fingerprint density at radius 1 is 1.08 bits per heavy atom. The van der Waals surface area contributed by atoms with Crippen LogP contribution in [0.25, 0.3) is 0 Å². The predicted molar refractivity (Wildman–Crippen MR) is 59.4 cm³/mol. The quantitative estimate of drug-likeness (QED) is 0.535. The Morgan fingerprint density at radius 3 is 2.46 bits per heavy atom. The average Bonchev–Trinajstić information content (AvgIpc) is 2.17. The van der Waals surface area contributed by atoms with Crippen molar-refractivity contribution in [1.29, 1.82) is 0 Å². The fourth-order valence-electron chi connectivity index (χ4n) is 1.77. The van der Waals surface area contributed by atoms with Gasteiger partial charge in [-0.1, -0.05) is 13.5 Å². The van der Waals surface area contributed by atoms with Crippen LogP contribution in [0.4, 0.5) is 0 Å². The lowest BCUT2D eigenvalue weighted by Crippen LogP contribution is -2.01. The molecule has 0 atom stereocenters. The number of hydrogen-bond donors (Lipinski definition) is 1. The normalized spacial score (nSPS) is 14.2. The van der Waals surface area contributed by atoms with Gasteiger partial charge < -0.3 is 4.18 Å². The van der Waals surface area contributed by atoms with Crippen LogP contribution in [0.2, 0.25) is 0 Å². The van der Waals surface area contributed by atoms with Crippen molar-refractivity contribution in [2.24, 2.45) is 0 Å². The molecule has 0 N–H and O–H groups in total. The maximum Gasteiger partial charge on any atom is 0.137 e. The second-order valence-electron chi connectivity index (χ2n) is 3.23. The molecule has 2 heteroatoms. The summed E-state index contributed by atoms with van der Waals surface area (Å²) in [6.07, 6.45) is 5.06. The van der Waals surface area contributed by atoms with E-state index >= 15 is 0 Å². The predicted octanol–water partition coefficient (Wildman–Crippen LogP) is 3.43. The third-order valence-electron chi connectivity index (χ3n) is 2.43. The van der Waals surface area contributed by atoms with Gasteiger partial charge in [0.2, 0.25) is 0 Å². The van der Waals surface area contributed by atoms with Crippen molar-refractivity contribution in [1.82, 2.24) is 0 Å². The monoisotopic (exact) mass is 196 g/mol. The lowest BCUT2D eigenvalue weighted by Gasteiger charge is -2.15. The second kappa shape index (κ2) is 4.56. The van der Waals surface area contributed by atoms with Gasteiger partial charge >= 0.3 is 0 Å². The molecule has 0 unspecified atom stereocenters. The zero-order valence-electron chi connectivity index (χ0n) is 6.92. The fraction of sp³-hybridized carbons (Fsp3) is 0.455. The molecule has 1 aliphatic rings. The first-order valence-corrected chi connectivity index (χ1v) is 4.70. The van der Waals surface area contributed by atoms with Gasteiger partial charge in [0.05, 0.1) is 0 Å². The van der Waals surface area contributed by atoms with Crippen LogP contribution in [-0.4, -0.2) is 0 Å². The topological polar surface area (TPSA) is 9.23 Å². The summed E-state index contributed by atoms with van der Waals surface area (Å²) in [5, 5.41) is 0. The first-order chi connectivity index (χ1) is 5.90. The van der Waals surface area contributed by atoms with Gasteiger partial charge in [0.15, 0.2) is 0 Å². The van der Waals surface area contributed by atoms with Crippen molar-refractivity contribution in [2.45, 2.75) is 33.1 Å². The molecule has 1 nitrogen and oxygen atoms in total. The first-order valence-electron chi connectivity index (χ1n) is 4.33. The van der Waals surface area contributed by atoms with Crippen LogP contribution < -0.4 is 4.18 Å². The standard InChI is InChI=1S/C10H12OS.CH4/c12-11-10-6-5-8-3-1-2-4-9(8)7-10;/h5-7,12H,1-4H2;1H4. The van der Waals surface area contributed by atoms with E-state index in [-0.39, 0.29) is 7.43 Å². The third-order valence-corrected chi connectivity index (χ3v) is 2.64. The Bertz CT molecular complexity index is 283. The molecular weight excluding hydrogens is 180 g/mol. The van der Waals surface area contributed by atoms with Crippen molar-refractivity contribution in [3.8, 4) is 5.75 Å². The minimum atomic E-state index is 0. The lowest BCUT2D eigenvalue weighted by atomic mass is 9.92. The van der Waals surface area contributed by atoms with E-state index in [4.69, 9.17) is 4.18 Å². The van der Waals surface area contributed by atoms with E-state index < -0.39 is 0 Å². The molecule has 0 amide bonds. The summed E-state index contributed by atoms with van der Waals surface area (Å²) in [5.74, 6) is 0.860. The van der Waals surface area contributed by atoms with Crippen LogP contribution in [0, 0.1) is 0 Å². The number of rotatable bonds is 1. The van der Waals surface area contributed by atoms with E-state index in [1.54, 1.807) is 0 Å². The summed E-state index contributed by atoms with van der Waals surface area (Å²) < 4.78 is 4.87. The van der Waals surface area contributed by atoms with Gasteiger partial charge in [-0.05, 0) is 48.9 Å². The molecule has 1 aromatic rings. The zero-order valence-corrected chi connectivity index (χ0v) is 7.81. The van der Waals surface area contributed by atoms with E-state index in [1.165, 1.54) is 36.8 Å². The minimum absolute atomic E-state index is 0. The number of hydrogen-bond acceptors (Lipinski definition) is 2. The summed E-state index contributed by atoms with van der Waals surface area (Å²) in [4.78, 5) is 0. The van der Waals surface area contributed by atoms with Crippen LogP contribution in [0.15, 0.2) is 18.2 Å². The van der Waals surface area contributed by atoms with Gasteiger partial charge in [0, 0.05) is 12.9 Å². The molecule has 0 radical (unpaired) electrons. The first kappa shape index (κ1) is 10.5. The molecule has 0 saturated carbocycles. The molecule has 2 rings (SSSR count). The summed E-state index contributed by atoms with van der Waals surface area (Å²) >= 11 is 3.78. The largest absolute Gasteiger partial charge is 0.429 e. The SMILES string of the molecule is C.SOc1ccc2c(c1)CCCC2. The van der Waals surface area contributed by atoms with E-state index in [2.05, 4.69) is 25.0 Å². The molecule has 0 bridgehead atoms. The van der Waals surface area contributed by atoms with Crippen molar-refractivity contribution >= 4 is 12.9 Å². The zero-order chi connectivity index (χ0) is 8.39. The number of fused-ring (bicyclic) bond motifs is 1. The molecule has 13 heavy (non-hydrogen) atoms. The molecule has 72 valence electrons. The maximum absolute atomic E-state index is 4.87. The number of thiol groups is 1. The van der Waals surface area contributed by atoms with Crippen LogP contribution in [0.5, 0.6) is 5.75 Å². The summed E-state index contributed by atoms with van der Waals surface area (Å²) in [6, 6.07) is 6.23. The minimum Gasteiger partial charge on any atom is -0.429 e. The highest BCUT2D eigenvalue weighted by molar-refractivity contribution is 7.75. The summed E-state index contributed by atoms with van der Waals surface area (Å²) in [6.45, 7) is 0. The highest BCUT2D eigenvalue weighted by Crippen LogP contribution is 2.25. The smallest absolute Gasteiger partial charge is 0.137 e. The van der Waals surface area contributed by atoms with Crippen molar-refractivity contribution in [2.75, 3.05) is 0 Å². The van der Waals surface area contributed by atoms with Gasteiger partial charge in [-0.25, -0.2) is 0 Å². The Labute approximate surface area is 85.7 Å². The fourth-order valence-corrected chi connectivity index (χ4v) is 1.88. The second-order valence-corrected chi connectivity index (χ2v) is 3.41. The summed E-state index contributed by atoms with van der Waals surface area (Å²) in [7, 11) is 0.